The maximum Gasteiger partial charge on any atom is 0.237 e. The standard InChI is InChI=1S/C14H24N2O/c1-14(2)8-12(14)16-13(17)11-7-9-5-3-4-6-10(9)15-11/h9-12,15H,3-8H2,1-2H3,(H,16,17). The van der Waals surface area contributed by atoms with Gasteiger partial charge in [-0.2, -0.15) is 0 Å². The third-order valence-corrected chi connectivity index (χ3v) is 5.01. The molecule has 1 heterocycles. The van der Waals surface area contributed by atoms with E-state index in [9.17, 15) is 4.79 Å². The maximum atomic E-state index is 12.2. The molecule has 17 heavy (non-hydrogen) atoms. The molecule has 0 radical (unpaired) electrons. The summed E-state index contributed by atoms with van der Waals surface area (Å²) in [5.74, 6) is 1.00. The zero-order valence-corrected chi connectivity index (χ0v) is 11.0. The zero-order chi connectivity index (χ0) is 12.0. The number of nitrogens with one attached hydrogen (secondary N) is 2. The molecule has 3 fully saturated rings. The highest BCUT2D eigenvalue weighted by molar-refractivity contribution is 5.83. The second kappa shape index (κ2) is 3.98. The lowest BCUT2D eigenvalue weighted by Crippen LogP contribution is -2.44. The second-order valence-corrected chi connectivity index (χ2v) is 6.86. The molecule has 3 aliphatic rings. The van der Waals surface area contributed by atoms with E-state index in [1.54, 1.807) is 0 Å². The van der Waals surface area contributed by atoms with Crippen LogP contribution in [0, 0.1) is 11.3 Å². The molecule has 96 valence electrons. The van der Waals surface area contributed by atoms with Crippen molar-refractivity contribution in [2.24, 2.45) is 11.3 Å². The molecule has 0 aromatic heterocycles. The molecule has 0 spiro atoms. The van der Waals surface area contributed by atoms with Crippen LogP contribution in [-0.4, -0.2) is 24.0 Å². The molecular weight excluding hydrogens is 212 g/mol. The first-order chi connectivity index (χ1) is 8.06. The lowest BCUT2D eigenvalue weighted by molar-refractivity contribution is -0.123. The van der Waals surface area contributed by atoms with E-state index in [0.29, 0.717) is 17.5 Å². The van der Waals surface area contributed by atoms with E-state index in [0.717, 1.165) is 18.8 Å². The van der Waals surface area contributed by atoms with E-state index < -0.39 is 0 Å². The number of carbonyl (C=O) groups excluding carboxylic acids is 1. The Morgan fingerprint density at radius 1 is 1.29 bits per heavy atom. The first kappa shape index (κ1) is 11.5. The second-order valence-electron chi connectivity index (χ2n) is 6.86. The highest BCUT2D eigenvalue weighted by atomic mass is 16.2. The van der Waals surface area contributed by atoms with E-state index in [4.69, 9.17) is 0 Å². The zero-order valence-electron chi connectivity index (χ0n) is 11.0. The third kappa shape index (κ3) is 2.22. The van der Waals surface area contributed by atoms with Crippen LogP contribution in [0.5, 0.6) is 0 Å². The van der Waals surface area contributed by atoms with Gasteiger partial charge >= 0.3 is 0 Å². The molecule has 3 heteroatoms. The number of hydrogen-bond donors (Lipinski definition) is 2. The van der Waals surface area contributed by atoms with Gasteiger partial charge < -0.3 is 10.6 Å². The van der Waals surface area contributed by atoms with Crippen LogP contribution in [0.2, 0.25) is 0 Å². The number of fused-ring (bicyclic) bond motifs is 1. The SMILES string of the molecule is CC1(C)CC1NC(=O)C1CC2CCCCC2N1. The van der Waals surface area contributed by atoms with Gasteiger partial charge in [0.1, 0.15) is 0 Å². The first-order valence-corrected chi connectivity index (χ1v) is 7.13. The van der Waals surface area contributed by atoms with Gasteiger partial charge in [0, 0.05) is 12.1 Å². The molecule has 2 saturated carbocycles. The van der Waals surface area contributed by atoms with Crippen LogP contribution in [0.4, 0.5) is 0 Å². The summed E-state index contributed by atoms with van der Waals surface area (Å²) in [4.78, 5) is 12.2. The fraction of sp³-hybridized carbons (Fsp3) is 0.929. The average Bonchev–Trinajstić information content (AvgIpc) is 2.76. The van der Waals surface area contributed by atoms with Crippen molar-refractivity contribution in [2.45, 2.75) is 70.5 Å². The summed E-state index contributed by atoms with van der Waals surface area (Å²) in [6, 6.07) is 1.12. The summed E-state index contributed by atoms with van der Waals surface area (Å²) in [5, 5.41) is 6.74. The Hall–Kier alpha value is -0.570. The number of amides is 1. The average molecular weight is 236 g/mol. The molecule has 4 atom stereocenters. The minimum Gasteiger partial charge on any atom is -0.351 e. The van der Waals surface area contributed by atoms with Gasteiger partial charge in [0.2, 0.25) is 5.91 Å². The fourth-order valence-corrected chi connectivity index (χ4v) is 3.51. The van der Waals surface area contributed by atoms with Crippen molar-refractivity contribution in [3.63, 3.8) is 0 Å². The Bertz CT molecular complexity index is 312. The van der Waals surface area contributed by atoms with Gasteiger partial charge in [-0.05, 0) is 37.0 Å². The Labute approximate surface area is 104 Å². The smallest absolute Gasteiger partial charge is 0.237 e. The van der Waals surface area contributed by atoms with Crippen LogP contribution in [0.15, 0.2) is 0 Å². The number of hydrogen-bond acceptors (Lipinski definition) is 2. The molecule has 3 nitrogen and oxygen atoms in total. The minimum atomic E-state index is 0.0829. The summed E-state index contributed by atoms with van der Waals surface area (Å²) in [6.45, 7) is 4.44. The predicted octanol–water partition coefficient (Wildman–Crippen LogP) is 1.82. The van der Waals surface area contributed by atoms with Gasteiger partial charge in [-0.15, -0.1) is 0 Å². The fourth-order valence-electron chi connectivity index (χ4n) is 3.51. The van der Waals surface area contributed by atoms with E-state index >= 15 is 0 Å². The first-order valence-electron chi connectivity index (χ1n) is 7.13. The molecule has 4 unspecified atom stereocenters. The van der Waals surface area contributed by atoms with Crippen molar-refractivity contribution in [3.05, 3.63) is 0 Å². The van der Waals surface area contributed by atoms with E-state index in [2.05, 4.69) is 24.5 Å². The topological polar surface area (TPSA) is 41.1 Å². The van der Waals surface area contributed by atoms with Crippen LogP contribution < -0.4 is 10.6 Å². The van der Waals surface area contributed by atoms with Crippen molar-refractivity contribution in [3.8, 4) is 0 Å². The Morgan fingerprint density at radius 3 is 2.65 bits per heavy atom. The van der Waals surface area contributed by atoms with Crippen molar-refractivity contribution in [1.29, 1.82) is 0 Å². The molecule has 2 aliphatic carbocycles. The van der Waals surface area contributed by atoms with Gasteiger partial charge in [0.05, 0.1) is 6.04 Å². The lowest BCUT2D eigenvalue weighted by atomic mass is 9.85. The monoisotopic (exact) mass is 236 g/mol. The molecule has 0 bridgehead atoms. The maximum absolute atomic E-state index is 12.2. The predicted molar refractivity (Wildman–Crippen MR) is 67.6 cm³/mol. The molecule has 2 N–H and O–H groups in total. The summed E-state index contributed by atoms with van der Waals surface area (Å²) < 4.78 is 0. The van der Waals surface area contributed by atoms with Crippen LogP contribution in [-0.2, 0) is 4.79 Å². The lowest BCUT2D eigenvalue weighted by Gasteiger charge is -2.24. The molecule has 1 aliphatic heterocycles. The van der Waals surface area contributed by atoms with E-state index in [1.165, 1.54) is 25.7 Å². The highest BCUT2D eigenvalue weighted by Gasteiger charge is 2.48. The molecule has 0 aromatic carbocycles. The van der Waals surface area contributed by atoms with Gasteiger partial charge in [-0.3, -0.25) is 4.79 Å². The van der Waals surface area contributed by atoms with Crippen molar-refractivity contribution in [2.75, 3.05) is 0 Å². The third-order valence-electron chi connectivity index (χ3n) is 5.01. The van der Waals surface area contributed by atoms with Gasteiger partial charge in [-0.25, -0.2) is 0 Å². The number of carbonyl (C=O) groups is 1. The summed E-state index contributed by atoms with van der Waals surface area (Å²) in [6.07, 6.45) is 7.46. The summed E-state index contributed by atoms with van der Waals surface area (Å²) >= 11 is 0. The van der Waals surface area contributed by atoms with Crippen LogP contribution >= 0.6 is 0 Å². The van der Waals surface area contributed by atoms with Crippen molar-refractivity contribution in [1.82, 2.24) is 10.6 Å². The molecular formula is C14H24N2O. The molecule has 1 saturated heterocycles. The molecule has 0 aromatic rings. The molecule has 1 amide bonds. The van der Waals surface area contributed by atoms with Gasteiger partial charge in [0.15, 0.2) is 0 Å². The van der Waals surface area contributed by atoms with Crippen molar-refractivity contribution >= 4 is 5.91 Å². The van der Waals surface area contributed by atoms with E-state index in [-0.39, 0.29) is 11.9 Å². The summed E-state index contributed by atoms with van der Waals surface area (Å²) in [5.41, 5.74) is 0.334. The summed E-state index contributed by atoms with van der Waals surface area (Å²) in [7, 11) is 0. The quantitative estimate of drug-likeness (QED) is 0.768. The largest absolute Gasteiger partial charge is 0.351 e. The van der Waals surface area contributed by atoms with Crippen LogP contribution in [0.25, 0.3) is 0 Å². The van der Waals surface area contributed by atoms with Gasteiger partial charge in [-0.1, -0.05) is 26.7 Å². The minimum absolute atomic E-state index is 0.0829. The van der Waals surface area contributed by atoms with Gasteiger partial charge in [0.25, 0.3) is 0 Å². The highest BCUT2D eigenvalue weighted by Crippen LogP contribution is 2.44. The normalized spacial score (nSPS) is 42.9. The van der Waals surface area contributed by atoms with Crippen molar-refractivity contribution < 1.29 is 4.79 Å². The Balaban J connectivity index is 1.53. The van der Waals surface area contributed by atoms with Crippen LogP contribution in [0.3, 0.4) is 0 Å². The Morgan fingerprint density at radius 2 is 2.00 bits per heavy atom. The Kier molecular flexibility index (Phi) is 2.69. The number of rotatable bonds is 2. The van der Waals surface area contributed by atoms with E-state index in [1.807, 2.05) is 0 Å². The molecule has 3 rings (SSSR count). The van der Waals surface area contributed by atoms with Crippen LogP contribution in [0.1, 0.15) is 52.4 Å².